The summed E-state index contributed by atoms with van der Waals surface area (Å²) in [4.78, 5) is 0. The summed E-state index contributed by atoms with van der Waals surface area (Å²) < 4.78 is 7.19. The van der Waals surface area contributed by atoms with Crippen LogP contribution in [-0.4, -0.2) is 36.1 Å². The van der Waals surface area contributed by atoms with Crippen molar-refractivity contribution in [2.75, 3.05) is 20.3 Å². The Morgan fingerprint density at radius 2 is 2.40 bits per heavy atom. The summed E-state index contributed by atoms with van der Waals surface area (Å²) in [6.07, 6.45) is 6.45. The minimum atomic E-state index is 0.118. The normalized spacial score (nSPS) is 26.3. The molecule has 2 atom stereocenters. The van der Waals surface area contributed by atoms with E-state index in [1.807, 2.05) is 4.68 Å². The van der Waals surface area contributed by atoms with Crippen LogP contribution in [0.1, 0.15) is 45.2 Å². The summed E-state index contributed by atoms with van der Waals surface area (Å²) in [5.74, 6) is 0. The molecule has 1 aromatic heterocycles. The number of nitrogens with zero attached hydrogens (tertiary/aromatic N) is 2. The molecule has 0 amide bonds. The van der Waals surface area contributed by atoms with Crippen molar-refractivity contribution in [3.8, 4) is 0 Å². The van der Waals surface area contributed by atoms with E-state index in [4.69, 9.17) is 16.3 Å². The zero-order valence-corrected chi connectivity index (χ0v) is 13.5. The number of nitrogens with one attached hydrogen (secondary N) is 1. The van der Waals surface area contributed by atoms with Crippen LogP contribution in [0.3, 0.4) is 0 Å². The zero-order valence-electron chi connectivity index (χ0n) is 12.8. The fourth-order valence-corrected chi connectivity index (χ4v) is 3.66. The zero-order chi connectivity index (χ0) is 14.6. The molecular weight excluding hydrogens is 274 g/mol. The standard InChI is InChI=1S/C15H26ClN3O/c1-4-7-17-12-5-6-15(2,10-12)14-13(16)11-18-19(14)8-9-20-3/h11-12,17H,4-10H2,1-3H3. The number of halogens is 1. The average Bonchev–Trinajstić information content (AvgIpc) is 2.98. The van der Waals surface area contributed by atoms with Crippen molar-refractivity contribution in [1.82, 2.24) is 15.1 Å². The molecule has 0 saturated heterocycles. The molecular formula is C15H26ClN3O. The van der Waals surface area contributed by atoms with Crippen LogP contribution in [0.4, 0.5) is 0 Å². The Morgan fingerprint density at radius 3 is 3.10 bits per heavy atom. The number of rotatable bonds is 7. The highest BCUT2D eigenvalue weighted by Crippen LogP contribution is 2.43. The fourth-order valence-electron chi connectivity index (χ4n) is 3.29. The molecule has 114 valence electrons. The van der Waals surface area contributed by atoms with Crippen LogP contribution >= 0.6 is 11.6 Å². The van der Waals surface area contributed by atoms with Gasteiger partial charge in [-0.05, 0) is 32.2 Å². The molecule has 0 aromatic carbocycles. The third-order valence-electron chi connectivity index (χ3n) is 4.30. The van der Waals surface area contributed by atoms with E-state index in [1.165, 1.54) is 18.5 Å². The van der Waals surface area contributed by atoms with Crippen molar-refractivity contribution in [2.24, 2.45) is 0 Å². The smallest absolute Gasteiger partial charge is 0.0823 e. The van der Waals surface area contributed by atoms with E-state index in [-0.39, 0.29) is 5.41 Å². The van der Waals surface area contributed by atoms with Crippen molar-refractivity contribution in [1.29, 1.82) is 0 Å². The lowest BCUT2D eigenvalue weighted by molar-refractivity contribution is 0.180. The van der Waals surface area contributed by atoms with E-state index >= 15 is 0 Å². The van der Waals surface area contributed by atoms with Gasteiger partial charge >= 0.3 is 0 Å². The summed E-state index contributed by atoms with van der Waals surface area (Å²) in [6.45, 7) is 7.04. The van der Waals surface area contributed by atoms with E-state index in [0.717, 1.165) is 31.0 Å². The highest BCUT2D eigenvalue weighted by molar-refractivity contribution is 6.31. The van der Waals surface area contributed by atoms with Gasteiger partial charge in [0.1, 0.15) is 0 Å². The molecule has 0 aliphatic heterocycles. The SMILES string of the molecule is CCCNC1CCC(C)(c2c(Cl)cnn2CCOC)C1. The van der Waals surface area contributed by atoms with Crippen molar-refractivity contribution in [2.45, 2.75) is 57.5 Å². The molecule has 0 bridgehead atoms. The Labute approximate surface area is 126 Å². The molecule has 1 fully saturated rings. The van der Waals surface area contributed by atoms with Gasteiger partial charge < -0.3 is 10.1 Å². The van der Waals surface area contributed by atoms with Crippen LogP contribution in [0.2, 0.25) is 5.02 Å². The van der Waals surface area contributed by atoms with Gasteiger partial charge in [-0.2, -0.15) is 5.10 Å². The van der Waals surface area contributed by atoms with Gasteiger partial charge in [0.15, 0.2) is 0 Å². The van der Waals surface area contributed by atoms with E-state index < -0.39 is 0 Å². The first-order valence-electron chi connectivity index (χ1n) is 7.55. The molecule has 1 heterocycles. The summed E-state index contributed by atoms with van der Waals surface area (Å²) in [6, 6.07) is 0.599. The lowest BCUT2D eigenvalue weighted by Gasteiger charge is -2.26. The van der Waals surface area contributed by atoms with Crippen molar-refractivity contribution < 1.29 is 4.74 Å². The molecule has 5 heteroatoms. The third-order valence-corrected chi connectivity index (χ3v) is 4.57. The molecule has 2 unspecified atom stereocenters. The number of ether oxygens (including phenoxy) is 1. The van der Waals surface area contributed by atoms with Gasteiger partial charge in [-0.25, -0.2) is 0 Å². The first kappa shape index (κ1) is 15.8. The van der Waals surface area contributed by atoms with Gasteiger partial charge in [0.25, 0.3) is 0 Å². The maximum atomic E-state index is 6.40. The van der Waals surface area contributed by atoms with E-state index in [2.05, 4.69) is 24.3 Å². The minimum Gasteiger partial charge on any atom is -0.383 e. The first-order chi connectivity index (χ1) is 9.60. The summed E-state index contributed by atoms with van der Waals surface area (Å²) in [5.41, 5.74) is 1.30. The Kier molecular flexibility index (Phi) is 5.47. The lowest BCUT2D eigenvalue weighted by atomic mass is 9.84. The second kappa shape index (κ2) is 6.92. The van der Waals surface area contributed by atoms with Gasteiger partial charge in [-0.3, -0.25) is 4.68 Å². The highest BCUT2D eigenvalue weighted by atomic mass is 35.5. The molecule has 0 spiro atoms. The molecule has 1 saturated carbocycles. The Balaban J connectivity index is 2.12. The first-order valence-corrected chi connectivity index (χ1v) is 7.92. The summed E-state index contributed by atoms with van der Waals surface area (Å²) in [5, 5.41) is 8.84. The van der Waals surface area contributed by atoms with E-state index in [0.29, 0.717) is 12.6 Å². The van der Waals surface area contributed by atoms with Gasteiger partial charge in [-0.15, -0.1) is 0 Å². The van der Waals surface area contributed by atoms with Gasteiger partial charge in [-0.1, -0.05) is 25.4 Å². The van der Waals surface area contributed by atoms with Crippen LogP contribution < -0.4 is 5.32 Å². The largest absolute Gasteiger partial charge is 0.383 e. The number of hydrogen-bond acceptors (Lipinski definition) is 3. The van der Waals surface area contributed by atoms with E-state index in [1.54, 1.807) is 13.3 Å². The maximum Gasteiger partial charge on any atom is 0.0823 e. The lowest BCUT2D eigenvalue weighted by Crippen LogP contribution is -2.31. The summed E-state index contributed by atoms with van der Waals surface area (Å²) >= 11 is 6.40. The van der Waals surface area contributed by atoms with Gasteiger partial charge in [0.2, 0.25) is 0 Å². The molecule has 1 aliphatic carbocycles. The van der Waals surface area contributed by atoms with Crippen LogP contribution in [0.25, 0.3) is 0 Å². The second-order valence-electron chi connectivity index (χ2n) is 6.01. The van der Waals surface area contributed by atoms with Crippen LogP contribution in [0.5, 0.6) is 0 Å². The topological polar surface area (TPSA) is 39.1 Å². The Hall–Kier alpha value is -0.580. The second-order valence-corrected chi connectivity index (χ2v) is 6.42. The molecule has 2 rings (SSSR count). The molecule has 1 N–H and O–H groups in total. The minimum absolute atomic E-state index is 0.118. The predicted octanol–water partition coefficient (Wildman–Crippen LogP) is 2.99. The third kappa shape index (κ3) is 3.35. The van der Waals surface area contributed by atoms with Crippen molar-refractivity contribution in [3.63, 3.8) is 0 Å². The fraction of sp³-hybridized carbons (Fsp3) is 0.800. The number of aromatic nitrogens is 2. The summed E-state index contributed by atoms with van der Waals surface area (Å²) in [7, 11) is 1.72. The quantitative estimate of drug-likeness (QED) is 0.841. The van der Waals surface area contributed by atoms with Crippen molar-refractivity contribution in [3.05, 3.63) is 16.9 Å². The monoisotopic (exact) mass is 299 g/mol. The van der Waals surface area contributed by atoms with Crippen LogP contribution in [0.15, 0.2) is 6.20 Å². The molecule has 1 aliphatic rings. The van der Waals surface area contributed by atoms with Gasteiger partial charge in [0, 0.05) is 18.6 Å². The van der Waals surface area contributed by atoms with Crippen LogP contribution in [0, 0.1) is 0 Å². The Bertz CT molecular complexity index is 435. The van der Waals surface area contributed by atoms with E-state index in [9.17, 15) is 0 Å². The van der Waals surface area contributed by atoms with Crippen molar-refractivity contribution >= 4 is 11.6 Å². The number of methoxy groups -OCH3 is 1. The molecule has 20 heavy (non-hydrogen) atoms. The molecule has 4 nitrogen and oxygen atoms in total. The predicted molar refractivity (Wildman–Crippen MR) is 82.4 cm³/mol. The average molecular weight is 300 g/mol. The van der Waals surface area contributed by atoms with Gasteiger partial charge in [0.05, 0.1) is 30.1 Å². The maximum absolute atomic E-state index is 6.40. The molecule has 1 aromatic rings. The highest BCUT2D eigenvalue weighted by Gasteiger charge is 2.40. The molecule has 0 radical (unpaired) electrons. The Morgan fingerprint density at radius 1 is 1.60 bits per heavy atom. The van der Waals surface area contributed by atoms with Crippen LogP contribution in [-0.2, 0) is 16.7 Å². The number of hydrogen-bond donors (Lipinski definition) is 1.